The van der Waals surface area contributed by atoms with Crippen LogP contribution in [-0.4, -0.2) is 50.1 Å². The van der Waals surface area contributed by atoms with Crippen LogP contribution in [0.5, 0.6) is 0 Å². The molecule has 140 valence electrons. The lowest BCUT2D eigenvalue weighted by Crippen LogP contribution is -2.35. The van der Waals surface area contributed by atoms with Crippen LogP contribution in [0, 0.1) is 0 Å². The second-order valence-corrected chi connectivity index (χ2v) is 8.97. The number of fused-ring (bicyclic) bond motifs is 1. The van der Waals surface area contributed by atoms with Gasteiger partial charge in [-0.15, -0.1) is 0 Å². The van der Waals surface area contributed by atoms with E-state index in [1.54, 1.807) is 22.5 Å². The van der Waals surface area contributed by atoms with Crippen LogP contribution in [0.1, 0.15) is 32.1 Å². The highest BCUT2D eigenvalue weighted by molar-refractivity contribution is 7.89. The number of benzene rings is 1. The van der Waals surface area contributed by atoms with E-state index >= 15 is 0 Å². The van der Waals surface area contributed by atoms with E-state index < -0.39 is 10.0 Å². The van der Waals surface area contributed by atoms with E-state index in [0.29, 0.717) is 18.0 Å². The molecular weight excluding hydrogens is 350 g/mol. The van der Waals surface area contributed by atoms with Crippen molar-refractivity contribution in [2.75, 3.05) is 31.6 Å². The number of nitrogens with zero attached hydrogens (tertiary/aromatic N) is 2. The highest BCUT2D eigenvalue weighted by atomic mass is 32.2. The molecule has 0 bridgehead atoms. The molecule has 2 aromatic rings. The van der Waals surface area contributed by atoms with Gasteiger partial charge in [-0.2, -0.15) is 4.31 Å². The predicted molar refractivity (Wildman–Crippen MR) is 102 cm³/mol. The third-order valence-corrected chi connectivity index (χ3v) is 7.04. The van der Waals surface area contributed by atoms with Crippen molar-refractivity contribution in [3.63, 3.8) is 0 Å². The largest absolute Gasteiger partial charge is 0.376 e. The minimum Gasteiger partial charge on any atom is -0.376 e. The molecule has 0 saturated carbocycles. The molecule has 1 N–H and O–H groups in total. The van der Waals surface area contributed by atoms with Crippen molar-refractivity contribution < 1.29 is 13.2 Å². The molecule has 0 amide bonds. The van der Waals surface area contributed by atoms with Crippen molar-refractivity contribution in [3.8, 4) is 0 Å². The summed E-state index contributed by atoms with van der Waals surface area (Å²) >= 11 is 0. The monoisotopic (exact) mass is 375 g/mol. The minimum absolute atomic E-state index is 0.254. The second-order valence-electron chi connectivity index (χ2n) is 7.03. The van der Waals surface area contributed by atoms with Crippen LogP contribution in [0.2, 0.25) is 0 Å². The first-order chi connectivity index (χ1) is 12.6. The summed E-state index contributed by atoms with van der Waals surface area (Å²) in [6.07, 6.45) is 5.44. The molecule has 6 nitrogen and oxygen atoms in total. The van der Waals surface area contributed by atoms with Gasteiger partial charge in [-0.3, -0.25) is 0 Å². The van der Waals surface area contributed by atoms with Crippen LogP contribution in [0.15, 0.2) is 35.2 Å². The van der Waals surface area contributed by atoms with Crippen molar-refractivity contribution in [2.24, 2.45) is 0 Å². The average molecular weight is 375 g/mol. The number of sulfonamides is 1. The Morgan fingerprint density at radius 1 is 1.12 bits per heavy atom. The standard InChI is InChI=1S/C19H25N3O3S/c23-26(24,22-10-2-1-3-11-22)17-7-8-18-15(13-17)6-9-19(21-18)20-14-16-5-4-12-25-16/h6-9,13,16H,1-5,10-12,14H2,(H,20,21). The summed E-state index contributed by atoms with van der Waals surface area (Å²) < 4.78 is 32.9. The quantitative estimate of drug-likeness (QED) is 0.870. The van der Waals surface area contributed by atoms with Crippen molar-refractivity contribution in [2.45, 2.75) is 43.1 Å². The van der Waals surface area contributed by atoms with Crippen molar-refractivity contribution in [3.05, 3.63) is 30.3 Å². The number of anilines is 1. The fourth-order valence-corrected chi connectivity index (χ4v) is 5.19. The number of rotatable bonds is 5. The highest BCUT2D eigenvalue weighted by Crippen LogP contribution is 2.24. The van der Waals surface area contributed by atoms with E-state index in [1.807, 2.05) is 12.1 Å². The fraction of sp³-hybridized carbons (Fsp3) is 0.526. The van der Waals surface area contributed by atoms with Crippen LogP contribution < -0.4 is 5.32 Å². The fourth-order valence-electron chi connectivity index (χ4n) is 3.64. The number of piperidine rings is 1. The van der Waals surface area contributed by atoms with Gasteiger partial charge >= 0.3 is 0 Å². The van der Waals surface area contributed by atoms with Gasteiger partial charge < -0.3 is 10.1 Å². The van der Waals surface area contributed by atoms with Gasteiger partial charge in [0.2, 0.25) is 10.0 Å². The molecule has 1 aromatic heterocycles. The van der Waals surface area contributed by atoms with Gasteiger partial charge in [-0.05, 0) is 56.0 Å². The summed E-state index contributed by atoms with van der Waals surface area (Å²) in [5.41, 5.74) is 0.792. The third kappa shape index (κ3) is 3.70. The molecule has 4 rings (SSSR count). The van der Waals surface area contributed by atoms with Gasteiger partial charge in [0.05, 0.1) is 16.5 Å². The Bertz CT molecular complexity index is 873. The maximum absolute atomic E-state index is 12.8. The molecule has 7 heteroatoms. The summed E-state index contributed by atoms with van der Waals surface area (Å²) in [4.78, 5) is 4.95. The Morgan fingerprint density at radius 2 is 1.96 bits per heavy atom. The SMILES string of the molecule is O=S(=O)(c1ccc2nc(NCC3CCCO3)ccc2c1)N1CCCCC1. The minimum atomic E-state index is -3.41. The lowest BCUT2D eigenvalue weighted by atomic mass is 10.2. The van der Waals surface area contributed by atoms with Gasteiger partial charge in [-0.1, -0.05) is 6.42 Å². The van der Waals surface area contributed by atoms with Crippen LogP contribution in [0.3, 0.4) is 0 Å². The van der Waals surface area contributed by atoms with Gasteiger partial charge in [-0.25, -0.2) is 13.4 Å². The lowest BCUT2D eigenvalue weighted by Gasteiger charge is -2.25. The zero-order chi connectivity index (χ0) is 18.0. The Balaban J connectivity index is 1.52. The normalized spacial score (nSPS) is 21.9. The third-order valence-electron chi connectivity index (χ3n) is 5.15. The molecule has 1 unspecified atom stereocenters. The summed E-state index contributed by atoms with van der Waals surface area (Å²) in [6, 6.07) is 9.02. The predicted octanol–water partition coefficient (Wildman–Crippen LogP) is 3.00. The highest BCUT2D eigenvalue weighted by Gasteiger charge is 2.26. The van der Waals surface area contributed by atoms with Crippen molar-refractivity contribution in [1.82, 2.24) is 9.29 Å². The van der Waals surface area contributed by atoms with Crippen molar-refractivity contribution in [1.29, 1.82) is 0 Å². The van der Waals surface area contributed by atoms with Crippen LogP contribution in [0.4, 0.5) is 5.82 Å². The Morgan fingerprint density at radius 3 is 2.73 bits per heavy atom. The van der Waals surface area contributed by atoms with Gasteiger partial charge in [0, 0.05) is 31.6 Å². The second kappa shape index (κ2) is 7.50. The van der Waals surface area contributed by atoms with Crippen molar-refractivity contribution >= 4 is 26.7 Å². The van der Waals surface area contributed by atoms with E-state index in [2.05, 4.69) is 10.3 Å². The summed E-state index contributed by atoms with van der Waals surface area (Å²) in [6.45, 7) is 2.82. The Hall–Kier alpha value is -1.70. The van der Waals surface area contributed by atoms with E-state index in [4.69, 9.17) is 4.74 Å². The first kappa shape index (κ1) is 17.7. The zero-order valence-corrected chi connectivity index (χ0v) is 15.7. The number of hydrogen-bond acceptors (Lipinski definition) is 5. The summed E-state index contributed by atoms with van der Waals surface area (Å²) in [5, 5.41) is 4.15. The van der Waals surface area contributed by atoms with Gasteiger partial charge in [0.1, 0.15) is 5.82 Å². The molecule has 3 heterocycles. The molecule has 2 aliphatic heterocycles. The molecule has 0 aliphatic carbocycles. The van der Waals surface area contributed by atoms with E-state index in [-0.39, 0.29) is 6.10 Å². The van der Waals surface area contributed by atoms with E-state index in [1.165, 1.54) is 0 Å². The number of nitrogens with one attached hydrogen (secondary N) is 1. The smallest absolute Gasteiger partial charge is 0.243 e. The number of pyridine rings is 1. The average Bonchev–Trinajstić information content (AvgIpc) is 3.20. The Kier molecular flexibility index (Phi) is 5.11. The number of aromatic nitrogens is 1. The molecule has 1 aromatic carbocycles. The summed E-state index contributed by atoms with van der Waals surface area (Å²) in [5.74, 6) is 0.791. The van der Waals surface area contributed by atoms with E-state index in [9.17, 15) is 8.42 Å². The molecule has 2 fully saturated rings. The molecular formula is C19H25N3O3S. The van der Waals surface area contributed by atoms with Gasteiger partial charge in [0.25, 0.3) is 0 Å². The van der Waals surface area contributed by atoms with E-state index in [0.717, 1.165) is 62.0 Å². The Labute approximate surface area is 154 Å². The molecule has 26 heavy (non-hydrogen) atoms. The first-order valence-corrected chi connectivity index (χ1v) is 10.8. The van der Waals surface area contributed by atoms with Gasteiger partial charge in [0.15, 0.2) is 0 Å². The topological polar surface area (TPSA) is 71.5 Å². The summed E-state index contributed by atoms with van der Waals surface area (Å²) in [7, 11) is -3.41. The molecule has 2 saturated heterocycles. The first-order valence-electron chi connectivity index (χ1n) is 9.39. The number of hydrogen-bond donors (Lipinski definition) is 1. The van der Waals surface area contributed by atoms with Crippen LogP contribution in [-0.2, 0) is 14.8 Å². The maximum atomic E-state index is 12.8. The molecule has 1 atom stereocenters. The number of ether oxygens (including phenoxy) is 1. The maximum Gasteiger partial charge on any atom is 0.243 e. The lowest BCUT2D eigenvalue weighted by molar-refractivity contribution is 0.120. The molecule has 0 radical (unpaired) electrons. The van der Waals surface area contributed by atoms with Crippen LogP contribution >= 0.6 is 0 Å². The zero-order valence-electron chi connectivity index (χ0n) is 14.9. The van der Waals surface area contributed by atoms with Crippen LogP contribution in [0.25, 0.3) is 10.9 Å². The molecule has 0 spiro atoms. The molecule has 2 aliphatic rings.